The van der Waals surface area contributed by atoms with Crippen molar-refractivity contribution in [1.29, 1.82) is 0 Å². The van der Waals surface area contributed by atoms with Crippen molar-refractivity contribution in [3.8, 4) is 23.0 Å². The quantitative estimate of drug-likeness (QED) is 0.285. The number of ether oxygens (including phenoxy) is 3. The van der Waals surface area contributed by atoms with Crippen molar-refractivity contribution in [2.45, 2.75) is 33.6 Å². The van der Waals surface area contributed by atoms with E-state index in [2.05, 4.69) is 53.2 Å². The molecule has 1 saturated heterocycles. The molecule has 1 aliphatic heterocycles. The van der Waals surface area contributed by atoms with Gasteiger partial charge in [-0.1, -0.05) is 20.8 Å². The molecule has 2 N–H and O–H groups in total. The molecular weight excluding hydrogens is 525 g/mol. The molecule has 0 bridgehead atoms. The maximum absolute atomic E-state index is 15.0. The average Bonchev–Trinajstić information content (AvgIpc) is 2.92. The van der Waals surface area contributed by atoms with Gasteiger partial charge in [0, 0.05) is 68.7 Å². The normalized spacial score (nSPS) is 14.6. The van der Waals surface area contributed by atoms with Gasteiger partial charge in [-0.05, 0) is 49.6 Å². The van der Waals surface area contributed by atoms with Crippen LogP contribution in [0.4, 0.5) is 14.9 Å². The van der Waals surface area contributed by atoms with E-state index >= 15 is 0 Å². The zero-order valence-electron chi connectivity index (χ0n) is 24.8. The third kappa shape index (κ3) is 8.93. The van der Waals surface area contributed by atoms with Gasteiger partial charge < -0.3 is 34.6 Å². The van der Waals surface area contributed by atoms with Crippen LogP contribution < -0.4 is 24.8 Å². The van der Waals surface area contributed by atoms with Gasteiger partial charge in [0.15, 0.2) is 23.1 Å². The number of anilines is 1. The van der Waals surface area contributed by atoms with Gasteiger partial charge in [-0.25, -0.2) is 9.18 Å². The molecule has 1 aromatic heterocycles. The van der Waals surface area contributed by atoms with E-state index < -0.39 is 5.82 Å². The minimum atomic E-state index is -0.602. The Bertz CT molecular complexity index is 1320. The summed E-state index contributed by atoms with van der Waals surface area (Å²) in [6.07, 6.45) is 3.35. The van der Waals surface area contributed by atoms with Crippen LogP contribution in [0.1, 0.15) is 33.6 Å². The number of benzene rings is 2. The second-order valence-electron chi connectivity index (χ2n) is 11.6. The highest BCUT2D eigenvalue weighted by Gasteiger charge is 2.16. The molecule has 1 fully saturated rings. The Kier molecular flexibility index (Phi) is 10.2. The van der Waals surface area contributed by atoms with Crippen LogP contribution in [0.2, 0.25) is 0 Å². The first-order valence-electron chi connectivity index (χ1n) is 14.1. The predicted octanol–water partition coefficient (Wildman–Crippen LogP) is 5.75. The summed E-state index contributed by atoms with van der Waals surface area (Å²) in [4.78, 5) is 21.4. The van der Waals surface area contributed by atoms with Crippen LogP contribution in [0.5, 0.6) is 23.0 Å². The van der Waals surface area contributed by atoms with Crippen molar-refractivity contribution < 1.29 is 23.4 Å². The van der Waals surface area contributed by atoms with Gasteiger partial charge in [0.05, 0.1) is 19.2 Å². The van der Waals surface area contributed by atoms with E-state index in [4.69, 9.17) is 14.2 Å². The van der Waals surface area contributed by atoms with Crippen LogP contribution in [0, 0.1) is 11.2 Å². The molecule has 0 atom stereocenters. The first kappa shape index (κ1) is 30.3. The van der Waals surface area contributed by atoms with Crippen LogP contribution >= 0.6 is 0 Å². The van der Waals surface area contributed by atoms with E-state index in [-0.39, 0.29) is 17.2 Å². The number of likely N-dealkylation sites (N-methyl/N-ethyl adjacent to an activating group) is 1. The molecule has 0 radical (unpaired) electrons. The maximum atomic E-state index is 15.0. The number of pyridine rings is 1. The van der Waals surface area contributed by atoms with Crippen molar-refractivity contribution in [1.82, 2.24) is 20.1 Å². The fourth-order valence-electron chi connectivity index (χ4n) is 4.54. The number of amides is 2. The first-order chi connectivity index (χ1) is 19.6. The molecule has 4 rings (SSSR count). The number of hydrogen-bond donors (Lipinski definition) is 2. The van der Waals surface area contributed by atoms with Crippen molar-refractivity contribution >= 4 is 22.6 Å². The molecule has 222 valence electrons. The maximum Gasteiger partial charge on any atom is 0.319 e. The van der Waals surface area contributed by atoms with E-state index in [0.717, 1.165) is 45.6 Å². The van der Waals surface area contributed by atoms with Gasteiger partial charge >= 0.3 is 6.03 Å². The number of urea groups is 1. The fourth-order valence-corrected chi connectivity index (χ4v) is 4.54. The molecule has 10 heteroatoms. The van der Waals surface area contributed by atoms with Crippen LogP contribution in [0.25, 0.3) is 10.9 Å². The molecule has 2 amide bonds. The van der Waals surface area contributed by atoms with E-state index in [0.29, 0.717) is 47.0 Å². The number of piperazine rings is 1. The van der Waals surface area contributed by atoms with Gasteiger partial charge in [0.1, 0.15) is 5.75 Å². The van der Waals surface area contributed by atoms with Crippen LogP contribution in [-0.4, -0.2) is 80.8 Å². The lowest BCUT2D eigenvalue weighted by Gasteiger charge is -2.32. The van der Waals surface area contributed by atoms with Crippen LogP contribution in [0.3, 0.4) is 0 Å². The van der Waals surface area contributed by atoms with Gasteiger partial charge in [-0.15, -0.1) is 0 Å². The number of nitrogens with one attached hydrogen (secondary N) is 2. The monoisotopic (exact) mass is 567 g/mol. The van der Waals surface area contributed by atoms with E-state index in [1.165, 1.54) is 12.1 Å². The molecule has 0 aliphatic carbocycles. The van der Waals surface area contributed by atoms with Crippen molar-refractivity contribution in [3.63, 3.8) is 0 Å². The molecule has 0 saturated carbocycles. The molecule has 3 aromatic rings. The molecule has 41 heavy (non-hydrogen) atoms. The van der Waals surface area contributed by atoms with Gasteiger partial charge in [-0.2, -0.15) is 0 Å². The highest BCUT2D eigenvalue weighted by atomic mass is 19.1. The highest BCUT2D eigenvalue weighted by molar-refractivity contribution is 5.90. The van der Waals surface area contributed by atoms with Crippen molar-refractivity contribution in [2.24, 2.45) is 5.41 Å². The largest absolute Gasteiger partial charge is 0.493 e. The number of nitrogens with zero attached hydrogens (tertiary/aromatic N) is 3. The SMILES string of the molecule is COc1cc2c(Oc3ccc(NC(=O)NCCC(C)(C)C)cc3F)ccnc2cc1OCCCN1CCN(C)CC1. The first-order valence-corrected chi connectivity index (χ1v) is 14.1. The van der Waals surface area contributed by atoms with Crippen molar-refractivity contribution in [3.05, 3.63) is 48.4 Å². The summed E-state index contributed by atoms with van der Waals surface area (Å²) < 4.78 is 32.6. The molecular formula is C31H42FN5O4. The molecule has 9 nitrogen and oxygen atoms in total. The topological polar surface area (TPSA) is 88.2 Å². The predicted molar refractivity (Wildman–Crippen MR) is 160 cm³/mol. The minimum Gasteiger partial charge on any atom is -0.493 e. The molecule has 2 heterocycles. The van der Waals surface area contributed by atoms with Crippen LogP contribution in [0.15, 0.2) is 42.6 Å². The van der Waals surface area contributed by atoms with Crippen LogP contribution in [-0.2, 0) is 0 Å². The Morgan fingerprint density at radius 2 is 1.80 bits per heavy atom. The Labute approximate surface area is 242 Å². The lowest BCUT2D eigenvalue weighted by atomic mass is 9.92. The summed E-state index contributed by atoms with van der Waals surface area (Å²) in [6, 6.07) is 9.22. The second-order valence-corrected chi connectivity index (χ2v) is 11.6. The Morgan fingerprint density at radius 3 is 2.51 bits per heavy atom. The number of aromatic nitrogens is 1. The minimum absolute atomic E-state index is 0.0272. The molecule has 1 aliphatic rings. The third-order valence-corrected chi connectivity index (χ3v) is 7.03. The Hall–Kier alpha value is -3.63. The second kappa shape index (κ2) is 13.8. The van der Waals surface area contributed by atoms with Crippen molar-refractivity contribution in [2.75, 3.05) is 65.3 Å². The number of hydrogen-bond acceptors (Lipinski definition) is 7. The summed E-state index contributed by atoms with van der Waals surface area (Å²) in [5.41, 5.74) is 1.08. The summed E-state index contributed by atoms with van der Waals surface area (Å²) in [7, 11) is 3.74. The molecule has 0 spiro atoms. The number of methoxy groups -OCH3 is 1. The zero-order chi connectivity index (χ0) is 29.4. The summed E-state index contributed by atoms with van der Waals surface area (Å²) in [5.74, 6) is 1.00. The lowest BCUT2D eigenvalue weighted by molar-refractivity contribution is 0.145. The Balaban J connectivity index is 1.38. The number of rotatable bonds is 11. The fraction of sp³-hybridized carbons (Fsp3) is 0.484. The van der Waals surface area contributed by atoms with Gasteiger partial charge in [-0.3, -0.25) is 4.98 Å². The van der Waals surface area contributed by atoms with Gasteiger partial charge in [0.25, 0.3) is 0 Å². The molecule has 2 aromatic carbocycles. The number of halogens is 1. The smallest absolute Gasteiger partial charge is 0.319 e. The summed E-state index contributed by atoms with van der Waals surface area (Å²) in [5, 5.41) is 6.12. The highest BCUT2D eigenvalue weighted by Crippen LogP contribution is 2.38. The van der Waals surface area contributed by atoms with E-state index in [1.54, 1.807) is 31.5 Å². The van der Waals surface area contributed by atoms with E-state index in [1.807, 2.05) is 6.07 Å². The van der Waals surface area contributed by atoms with E-state index in [9.17, 15) is 9.18 Å². The Morgan fingerprint density at radius 1 is 1.02 bits per heavy atom. The van der Waals surface area contributed by atoms with Gasteiger partial charge in [0.2, 0.25) is 0 Å². The summed E-state index contributed by atoms with van der Waals surface area (Å²) in [6.45, 7) is 12.7. The zero-order valence-corrected chi connectivity index (χ0v) is 24.8. The number of fused-ring (bicyclic) bond motifs is 1. The average molecular weight is 568 g/mol. The molecule has 0 unspecified atom stereocenters. The standard InChI is InChI=1S/C31H42FN5O4/c1-31(2,3)10-12-34-30(38)35-22-7-8-27(24(32)19-22)41-26-9-11-33-25-21-29(28(39-5)20-23(25)26)40-18-6-13-37-16-14-36(4)15-17-37/h7-9,11,19-21H,6,10,12-18H2,1-5H3,(H2,34,35,38). The lowest BCUT2D eigenvalue weighted by Crippen LogP contribution is -2.44. The number of carbonyl (C=O) groups is 1. The summed E-state index contributed by atoms with van der Waals surface area (Å²) >= 11 is 0. The number of carbonyl (C=O) groups excluding carboxylic acids is 1. The third-order valence-electron chi connectivity index (χ3n) is 7.03.